The molecule has 0 aliphatic heterocycles. The molecule has 0 aromatic carbocycles. The highest BCUT2D eigenvalue weighted by molar-refractivity contribution is 5.21. The monoisotopic (exact) mass is 177 g/mol. The summed E-state index contributed by atoms with van der Waals surface area (Å²) < 4.78 is 0. The fraction of sp³-hybridized carbons (Fsp3) is 0.583. The molecule has 1 aromatic rings. The second kappa shape index (κ2) is 4.40. The first-order chi connectivity index (χ1) is 6.17. The Labute approximate surface area is 81.2 Å². The van der Waals surface area contributed by atoms with Gasteiger partial charge < -0.3 is 0 Å². The standard InChI is InChI=1S/C12H19N/c1-5-11(6-2)12-8-9(3)7-10(4)13-12/h7-8,11H,5-6H2,1-4H3. The Morgan fingerprint density at radius 1 is 1.15 bits per heavy atom. The minimum absolute atomic E-state index is 0.638. The van der Waals surface area contributed by atoms with Crippen molar-refractivity contribution in [2.45, 2.75) is 46.5 Å². The van der Waals surface area contributed by atoms with Gasteiger partial charge in [0.15, 0.2) is 0 Å². The van der Waals surface area contributed by atoms with E-state index in [2.05, 4.69) is 44.8 Å². The number of pyridine rings is 1. The van der Waals surface area contributed by atoms with Crippen LogP contribution in [0, 0.1) is 13.8 Å². The van der Waals surface area contributed by atoms with Crippen LogP contribution in [0.1, 0.15) is 49.6 Å². The molecular formula is C12H19N. The number of nitrogens with zero attached hydrogens (tertiary/aromatic N) is 1. The molecular weight excluding hydrogens is 158 g/mol. The van der Waals surface area contributed by atoms with E-state index in [0.29, 0.717) is 5.92 Å². The second-order valence-electron chi connectivity index (χ2n) is 3.72. The maximum absolute atomic E-state index is 4.58. The summed E-state index contributed by atoms with van der Waals surface area (Å²) in [4.78, 5) is 4.58. The van der Waals surface area contributed by atoms with Gasteiger partial charge in [-0.05, 0) is 44.4 Å². The first-order valence-corrected chi connectivity index (χ1v) is 5.12. The van der Waals surface area contributed by atoms with Crippen LogP contribution in [0.2, 0.25) is 0 Å². The summed E-state index contributed by atoms with van der Waals surface area (Å²) in [6.45, 7) is 8.67. The molecule has 1 aromatic heterocycles. The van der Waals surface area contributed by atoms with Gasteiger partial charge in [-0.2, -0.15) is 0 Å². The molecule has 0 radical (unpaired) electrons. The normalized spacial score (nSPS) is 10.8. The molecule has 0 saturated carbocycles. The fourth-order valence-corrected chi connectivity index (χ4v) is 1.79. The van der Waals surface area contributed by atoms with E-state index < -0.39 is 0 Å². The molecule has 0 bridgehead atoms. The van der Waals surface area contributed by atoms with Crippen molar-refractivity contribution in [3.63, 3.8) is 0 Å². The van der Waals surface area contributed by atoms with Crippen molar-refractivity contribution in [3.05, 3.63) is 29.1 Å². The van der Waals surface area contributed by atoms with Gasteiger partial charge in [-0.25, -0.2) is 0 Å². The molecule has 13 heavy (non-hydrogen) atoms. The zero-order valence-electron chi connectivity index (χ0n) is 9.09. The first-order valence-electron chi connectivity index (χ1n) is 5.12. The molecule has 1 heteroatoms. The molecule has 0 atom stereocenters. The number of aryl methyl sites for hydroxylation is 2. The molecule has 1 nitrogen and oxygen atoms in total. The minimum Gasteiger partial charge on any atom is -0.258 e. The number of hydrogen-bond acceptors (Lipinski definition) is 1. The van der Waals surface area contributed by atoms with Crippen molar-refractivity contribution >= 4 is 0 Å². The van der Waals surface area contributed by atoms with Crippen LogP contribution in [0.5, 0.6) is 0 Å². The van der Waals surface area contributed by atoms with E-state index in [1.54, 1.807) is 0 Å². The fourth-order valence-electron chi connectivity index (χ4n) is 1.79. The van der Waals surface area contributed by atoms with Crippen LogP contribution in [0.15, 0.2) is 12.1 Å². The first kappa shape index (κ1) is 10.2. The van der Waals surface area contributed by atoms with Crippen molar-refractivity contribution in [2.75, 3.05) is 0 Å². The molecule has 0 N–H and O–H groups in total. The van der Waals surface area contributed by atoms with Crippen molar-refractivity contribution in [1.82, 2.24) is 4.98 Å². The van der Waals surface area contributed by atoms with Gasteiger partial charge in [0.1, 0.15) is 0 Å². The predicted molar refractivity (Wildman–Crippen MR) is 57.0 cm³/mol. The summed E-state index contributed by atoms with van der Waals surface area (Å²) in [5.74, 6) is 0.638. The Bertz CT molecular complexity index is 254. The highest BCUT2D eigenvalue weighted by Gasteiger charge is 2.08. The van der Waals surface area contributed by atoms with Crippen LogP contribution in [-0.2, 0) is 0 Å². The van der Waals surface area contributed by atoms with Crippen LogP contribution in [-0.4, -0.2) is 4.98 Å². The largest absolute Gasteiger partial charge is 0.258 e. The van der Waals surface area contributed by atoms with E-state index in [4.69, 9.17) is 0 Å². The van der Waals surface area contributed by atoms with E-state index in [1.807, 2.05) is 0 Å². The summed E-state index contributed by atoms with van der Waals surface area (Å²) in [7, 11) is 0. The van der Waals surface area contributed by atoms with Gasteiger partial charge in [-0.1, -0.05) is 13.8 Å². The van der Waals surface area contributed by atoms with Crippen LogP contribution in [0.25, 0.3) is 0 Å². The average Bonchev–Trinajstić information content (AvgIpc) is 2.04. The van der Waals surface area contributed by atoms with Crippen molar-refractivity contribution in [3.8, 4) is 0 Å². The highest BCUT2D eigenvalue weighted by atomic mass is 14.7. The maximum Gasteiger partial charge on any atom is 0.0440 e. The van der Waals surface area contributed by atoms with Gasteiger partial charge >= 0.3 is 0 Å². The summed E-state index contributed by atoms with van der Waals surface area (Å²) in [5.41, 5.74) is 3.74. The van der Waals surface area contributed by atoms with Gasteiger partial charge in [0.05, 0.1) is 0 Å². The molecule has 0 fully saturated rings. The molecule has 0 aliphatic rings. The lowest BCUT2D eigenvalue weighted by atomic mass is 9.97. The molecule has 1 heterocycles. The van der Waals surface area contributed by atoms with E-state index in [1.165, 1.54) is 24.1 Å². The molecule has 0 saturated heterocycles. The van der Waals surface area contributed by atoms with Gasteiger partial charge in [-0.3, -0.25) is 4.98 Å². The summed E-state index contributed by atoms with van der Waals surface area (Å²) in [6.07, 6.45) is 2.37. The molecule has 0 spiro atoms. The predicted octanol–water partition coefficient (Wildman–Crippen LogP) is 3.60. The Morgan fingerprint density at radius 3 is 2.23 bits per heavy atom. The highest BCUT2D eigenvalue weighted by Crippen LogP contribution is 2.21. The molecule has 72 valence electrons. The third kappa shape index (κ3) is 2.55. The minimum atomic E-state index is 0.638. The second-order valence-corrected chi connectivity index (χ2v) is 3.72. The van der Waals surface area contributed by atoms with Crippen LogP contribution in [0.4, 0.5) is 0 Å². The number of rotatable bonds is 3. The van der Waals surface area contributed by atoms with Crippen molar-refractivity contribution < 1.29 is 0 Å². The van der Waals surface area contributed by atoms with E-state index in [-0.39, 0.29) is 0 Å². The van der Waals surface area contributed by atoms with Gasteiger partial charge in [0.25, 0.3) is 0 Å². The lowest BCUT2D eigenvalue weighted by molar-refractivity contribution is 0.621. The summed E-state index contributed by atoms with van der Waals surface area (Å²) >= 11 is 0. The van der Waals surface area contributed by atoms with E-state index in [9.17, 15) is 0 Å². The zero-order valence-corrected chi connectivity index (χ0v) is 9.09. The van der Waals surface area contributed by atoms with Gasteiger partial charge in [0.2, 0.25) is 0 Å². The zero-order chi connectivity index (χ0) is 9.84. The smallest absolute Gasteiger partial charge is 0.0440 e. The maximum atomic E-state index is 4.58. The molecule has 0 amide bonds. The lowest BCUT2D eigenvalue weighted by Gasteiger charge is -2.12. The average molecular weight is 177 g/mol. The van der Waals surface area contributed by atoms with Crippen LogP contribution in [0.3, 0.4) is 0 Å². The number of hydrogen-bond donors (Lipinski definition) is 0. The van der Waals surface area contributed by atoms with E-state index in [0.717, 1.165) is 5.69 Å². The third-order valence-corrected chi connectivity index (χ3v) is 2.52. The van der Waals surface area contributed by atoms with Gasteiger partial charge in [-0.15, -0.1) is 0 Å². The third-order valence-electron chi connectivity index (χ3n) is 2.52. The van der Waals surface area contributed by atoms with Crippen molar-refractivity contribution in [2.24, 2.45) is 0 Å². The molecule has 1 rings (SSSR count). The number of aromatic nitrogens is 1. The Kier molecular flexibility index (Phi) is 3.47. The SMILES string of the molecule is CCC(CC)c1cc(C)cc(C)n1. The molecule has 0 unspecified atom stereocenters. The molecule has 0 aliphatic carbocycles. The summed E-state index contributed by atoms with van der Waals surface area (Å²) in [6, 6.07) is 4.34. The topological polar surface area (TPSA) is 12.9 Å². The summed E-state index contributed by atoms with van der Waals surface area (Å²) in [5, 5.41) is 0. The van der Waals surface area contributed by atoms with Gasteiger partial charge in [0, 0.05) is 17.3 Å². The Hall–Kier alpha value is -0.850. The quantitative estimate of drug-likeness (QED) is 0.687. The van der Waals surface area contributed by atoms with E-state index >= 15 is 0 Å². The van der Waals surface area contributed by atoms with Crippen LogP contribution < -0.4 is 0 Å². The van der Waals surface area contributed by atoms with Crippen molar-refractivity contribution in [1.29, 1.82) is 0 Å². The Balaban J connectivity index is 2.99. The van der Waals surface area contributed by atoms with Crippen LogP contribution >= 0.6 is 0 Å². The lowest BCUT2D eigenvalue weighted by Crippen LogP contribution is -2.00. The Morgan fingerprint density at radius 2 is 1.77 bits per heavy atom.